The Hall–Kier alpha value is -1.42. The van der Waals surface area contributed by atoms with Gasteiger partial charge in [0.2, 0.25) is 15.9 Å². The fourth-order valence-corrected chi connectivity index (χ4v) is 3.97. The van der Waals surface area contributed by atoms with Crippen LogP contribution in [0.5, 0.6) is 0 Å². The summed E-state index contributed by atoms with van der Waals surface area (Å²) in [7, 11) is -3.70. The molecule has 118 valence electrons. The average molecular weight is 360 g/mol. The average Bonchev–Trinajstić information content (AvgIpc) is 2.93. The van der Waals surface area contributed by atoms with Crippen molar-refractivity contribution in [2.45, 2.75) is 15.6 Å². The smallest absolute Gasteiger partial charge is 0.247 e. The lowest BCUT2D eigenvalue weighted by atomic mass is 10.4. The summed E-state index contributed by atoms with van der Waals surface area (Å²) in [6, 6.07) is 8.89. The largest absolute Gasteiger partial charge is 0.350 e. The van der Waals surface area contributed by atoms with Crippen LogP contribution in [-0.4, -0.2) is 20.1 Å². The van der Waals surface area contributed by atoms with Gasteiger partial charge in [0.1, 0.15) is 10.0 Å². The molecule has 0 atom stereocenters. The third-order valence-electron chi connectivity index (χ3n) is 2.56. The second kappa shape index (κ2) is 7.23. The van der Waals surface area contributed by atoms with Crippen molar-refractivity contribution in [3.63, 3.8) is 0 Å². The van der Waals surface area contributed by atoms with Gasteiger partial charge < -0.3 is 5.32 Å². The summed E-state index contributed by atoms with van der Waals surface area (Å²) in [5.41, 5.74) is 0. The van der Waals surface area contributed by atoms with Gasteiger partial charge in [-0.05, 0) is 36.4 Å². The van der Waals surface area contributed by atoms with Crippen LogP contribution in [0.1, 0.15) is 4.88 Å². The number of hydrogen-bond donors (Lipinski definition) is 2. The van der Waals surface area contributed by atoms with Crippen molar-refractivity contribution in [1.29, 1.82) is 0 Å². The van der Waals surface area contributed by atoms with Gasteiger partial charge in [0.15, 0.2) is 0 Å². The summed E-state index contributed by atoms with van der Waals surface area (Å²) in [5.74, 6) is -0.323. The molecule has 1 aromatic heterocycles. The monoisotopic (exact) mass is 360 g/mol. The van der Waals surface area contributed by atoms with E-state index in [0.29, 0.717) is 4.88 Å². The lowest BCUT2D eigenvalue weighted by Gasteiger charge is -2.03. The van der Waals surface area contributed by atoms with Crippen molar-refractivity contribution < 1.29 is 17.6 Å². The predicted molar refractivity (Wildman–Crippen MR) is 84.7 cm³/mol. The maximum absolute atomic E-state index is 12.7. The zero-order valence-electron chi connectivity index (χ0n) is 11.3. The first kappa shape index (κ1) is 16.9. The highest BCUT2D eigenvalue weighted by molar-refractivity contribution is 8.00. The number of carbonyl (C=O) groups excluding carboxylic acids is 1. The number of carbonyl (C=O) groups is 1. The van der Waals surface area contributed by atoms with Gasteiger partial charge in [-0.1, -0.05) is 0 Å². The Balaban J connectivity index is 1.80. The molecule has 1 aromatic carbocycles. The van der Waals surface area contributed by atoms with Crippen molar-refractivity contribution in [2.24, 2.45) is 5.14 Å². The molecular formula is C13H13FN2O3S3. The molecule has 3 N–H and O–H groups in total. The van der Waals surface area contributed by atoms with E-state index in [1.165, 1.54) is 30.0 Å². The molecule has 0 bridgehead atoms. The summed E-state index contributed by atoms with van der Waals surface area (Å²) < 4.78 is 35.1. The van der Waals surface area contributed by atoms with Crippen LogP contribution < -0.4 is 10.5 Å². The van der Waals surface area contributed by atoms with E-state index in [4.69, 9.17) is 5.14 Å². The molecule has 0 aliphatic rings. The molecule has 0 saturated carbocycles. The Morgan fingerprint density at radius 3 is 2.50 bits per heavy atom. The Kier molecular flexibility index (Phi) is 5.57. The molecule has 2 aromatic rings. The van der Waals surface area contributed by atoms with Crippen LogP contribution in [0.4, 0.5) is 4.39 Å². The molecule has 0 aliphatic heterocycles. The Bertz CT molecular complexity index is 757. The quantitative estimate of drug-likeness (QED) is 0.771. The first-order valence-electron chi connectivity index (χ1n) is 6.11. The fourth-order valence-electron chi connectivity index (χ4n) is 1.52. The number of hydrogen-bond acceptors (Lipinski definition) is 5. The highest BCUT2D eigenvalue weighted by Crippen LogP contribution is 2.20. The molecule has 1 amide bonds. The van der Waals surface area contributed by atoms with Crippen molar-refractivity contribution in [2.75, 3.05) is 5.75 Å². The standard InChI is InChI=1S/C13H13FN2O3S3/c14-9-1-3-10(4-2-9)20-8-12(17)16-7-11-5-6-13(21-11)22(15,18)19/h1-6H,7-8H2,(H,16,17)(H2,15,18,19). The first-order valence-corrected chi connectivity index (χ1v) is 9.46. The van der Waals surface area contributed by atoms with E-state index in [9.17, 15) is 17.6 Å². The Morgan fingerprint density at radius 2 is 1.91 bits per heavy atom. The van der Waals surface area contributed by atoms with E-state index in [-0.39, 0.29) is 28.2 Å². The van der Waals surface area contributed by atoms with Crippen LogP contribution >= 0.6 is 23.1 Å². The number of amides is 1. The molecule has 0 fully saturated rings. The number of halogens is 1. The third-order valence-corrected chi connectivity index (χ3v) is 6.10. The molecule has 9 heteroatoms. The lowest BCUT2D eigenvalue weighted by molar-refractivity contribution is -0.118. The number of rotatable bonds is 6. The highest BCUT2D eigenvalue weighted by Gasteiger charge is 2.11. The van der Waals surface area contributed by atoms with Crippen LogP contribution in [0.3, 0.4) is 0 Å². The number of thiophene rings is 1. The second-order valence-corrected chi connectivity index (χ2v) is 8.29. The van der Waals surface area contributed by atoms with Gasteiger partial charge in [-0.3, -0.25) is 4.79 Å². The van der Waals surface area contributed by atoms with Crippen molar-refractivity contribution in [3.8, 4) is 0 Å². The molecule has 0 spiro atoms. The first-order chi connectivity index (χ1) is 10.3. The SMILES string of the molecule is NS(=O)(=O)c1ccc(CNC(=O)CSc2ccc(F)cc2)s1. The van der Waals surface area contributed by atoms with Crippen LogP contribution in [-0.2, 0) is 21.4 Å². The maximum Gasteiger partial charge on any atom is 0.247 e. The summed E-state index contributed by atoms with van der Waals surface area (Å²) >= 11 is 2.31. The molecule has 0 aliphatic carbocycles. The number of nitrogens with one attached hydrogen (secondary N) is 1. The third kappa shape index (κ3) is 5.09. The van der Waals surface area contributed by atoms with Gasteiger partial charge in [-0.15, -0.1) is 23.1 Å². The molecular weight excluding hydrogens is 347 g/mol. The van der Waals surface area contributed by atoms with E-state index < -0.39 is 10.0 Å². The van der Waals surface area contributed by atoms with E-state index in [0.717, 1.165) is 16.2 Å². The van der Waals surface area contributed by atoms with E-state index >= 15 is 0 Å². The van der Waals surface area contributed by atoms with Crippen LogP contribution in [0.2, 0.25) is 0 Å². The normalized spacial score (nSPS) is 11.4. The summed E-state index contributed by atoms with van der Waals surface area (Å²) in [6.07, 6.45) is 0. The van der Waals surface area contributed by atoms with E-state index in [2.05, 4.69) is 5.32 Å². The van der Waals surface area contributed by atoms with Gasteiger partial charge in [0.05, 0.1) is 12.3 Å². The molecule has 0 unspecified atom stereocenters. The zero-order valence-corrected chi connectivity index (χ0v) is 13.7. The molecule has 0 radical (unpaired) electrons. The van der Waals surface area contributed by atoms with E-state index in [1.54, 1.807) is 18.2 Å². The fraction of sp³-hybridized carbons (Fsp3) is 0.154. The van der Waals surface area contributed by atoms with Crippen molar-refractivity contribution in [3.05, 3.63) is 47.1 Å². The lowest BCUT2D eigenvalue weighted by Crippen LogP contribution is -2.24. The molecule has 1 heterocycles. The molecule has 22 heavy (non-hydrogen) atoms. The molecule has 5 nitrogen and oxygen atoms in total. The predicted octanol–water partition coefficient (Wildman–Crippen LogP) is 1.94. The van der Waals surface area contributed by atoms with Crippen LogP contribution in [0.25, 0.3) is 0 Å². The number of primary sulfonamides is 1. The topological polar surface area (TPSA) is 89.3 Å². The van der Waals surface area contributed by atoms with Gasteiger partial charge in [0, 0.05) is 9.77 Å². The maximum atomic E-state index is 12.7. The Morgan fingerprint density at radius 1 is 1.23 bits per heavy atom. The summed E-state index contributed by atoms with van der Waals surface area (Å²) in [4.78, 5) is 13.2. The van der Waals surface area contributed by atoms with Crippen LogP contribution in [0.15, 0.2) is 45.5 Å². The van der Waals surface area contributed by atoms with E-state index in [1.807, 2.05) is 0 Å². The zero-order chi connectivity index (χ0) is 16.2. The summed E-state index contributed by atoms with van der Waals surface area (Å²) in [6.45, 7) is 0.239. The molecule has 2 rings (SSSR count). The van der Waals surface area contributed by atoms with Gasteiger partial charge in [-0.25, -0.2) is 17.9 Å². The minimum atomic E-state index is -3.70. The minimum absolute atomic E-state index is 0.0671. The van der Waals surface area contributed by atoms with Crippen molar-refractivity contribution in [1.82, 2.24) is 5.32 Å². The van der Waals surface area contributed by atoms with Gasteiger partial charge in [-0.2, -0.15) is 0 Å². The molecule has 0 saturated heterocycles. The summed E-state index contributed by atoms with van der Waals surface area (Å²) in [5, 5.41) is 7.70. The van der Waals surface area contributed by atoms with Gasteiger partial charge in [0.25, 0.3) is 0 Å². The number of sulfonamides is 1. The highest BCUT2D eigenvalue weighted by atomic mass is 32.2. The Labute approximate surface area is 135 Å². The number of thioether (sulfide) groups is 1. The number of nitrogens with two attached hydrogens (primary N) is 1. The minimum Gasteiger partial charge on any atom is -0.350 e. The van der Waals surface area contributed by atoms with Crippen LogP contribution in [0, 0.1) is 5.82 Å². The number of benzene rings is 1. The second-order valence-electron chi connectivity index (χ2n) is 4.29. The van der Waals surface area contributed by atoms with Gasteiger partial charge >= 0.3 is 0 Å². The van der Waals surface area contributed by atoms with Crippen molar-refractivity contribution >= 4 is 39.0 Å².